The molecule has 2 aromatic carbocycles. The van der Waals surface area contributed by atoms with Crippen LogP contribution in [0.2, 0.25) is 0 Å². The van der Waals surface area contributed by atoms with Gasteiger partial charge < -0.3 is 5.32 Å². The van der Waals surface area contributed by atoms with Gasteiger partial charge in [-0.2, -0.15) is 4.31 Å². The first-order chi connectivity index (χ1) is 16.2. The third-order valence-corrected chi connectivity index (χ3v) is 9.47. The van der Waals surface area contributed by atoms with E-state index in [-0.39, 0.29) is 10.8 Å². The molecule has 2 atom stereocenters. The number of nitrogens with one attached hydrogen (secondary N) is 1. The highest BCUT2D eigenvalue weighted by atomic mass is 79.9. The molecule has 0 bridgehead atoms. The van der Waals surface area contributed by atoms with Gasteiger partial charge in [0, 0.05) is 33.9 Å². The van der Waals surface area contributed by atoms with Crippen molar-refractivity contribution in [1.29, 1.82) is 0 Å². The number of rotatable bonds is 10. The van der Waals surface area contributed by atoms with E-state index in [9.17, 15) is 13.2 Å². The Hall–Kier alpha value is -1.35. The maximum Gasteiger partial charge on any atom is 0.252 e. The van der Waals surface area contributed by atoms with Gasteiger partial charge in [0.25, 0.3) is 5.91 Å². The van der Waals surface area contributed by atoms with Crippen molar-refractivity contribution >= 4 is 43.6 Å². The van der Waals surface area contributed by atoms with E-state index in [0.29, 0.717) is 37.0 Å². The normalized spacial score (nSPS) is 19.2. The second kappa shape index (κ2) is 12.6. The predicted molar refractivity (Wildman–Crippen MR) is 143 cm³/mol. The second-order valence-corrected chi connectivity index (χ2v) is 13.3. The highest BCUT2D eigenvalue weighted by molar-refractivity contribution is 9.10. The second-order valence-electron chi connectivity index (χ2n) is 9.30. The van der Waals surface area contributed by atoms with Gasteiger partial charge in [0.1, 0.15) is 0 Å². The van der Waals surface area contributed by atoms with E-state index < -0.39 is 10.0 Å². The Morgan fingerprint density at radius 3 is 2.38 bits per heavy atom. The van der Waals surface area contributed by atoms with Crippen LogP contribution in [0.4, 0.5) is 0 Å². The van der Waals surface area contributed by atoms with E-state index in [1.807, 2.05) is 24.3 Å². The van der Waals surface area contributed by atoms with Crippen molar-refractivity contribution in [3.63, 3.8) is 0 Å². The smallest absolute Gasteiger partial charge is 0.252 e. The molecule has 0 saturated carbocycles. The molecule has 1 fully saturated rings. The SMILES string of the molecule is CCCCCCNC(=O)c1cc(S(=O)(=O)N2CC(C)CC(C)C2)ccc1Sc1ccc(Br)cc1. The molecule has 5 nitrogen and oxygen atoms in total. The van der Waals surface area contributed by atoms with E-state index in [0.717, 1.165) is 46.4 Å². The topological polar surface area (TPSA) is 66.5 Å². The van der Waals surface area contributed by atoms with Crippen molar-refractivity contribution < 1.29 is 13.2 Å². The maximum atomic E-state index is 13.5. The molecule has 8 heteroatoms. The van der Waals surface area contributed by atoms with Gasteiger partial charge in [-0.25, -0.2) is 8.42 Å². The largest absolute Gasteiger partial charge is 0.352 e. The maximum absolute atomic E-state index is 13.5. The molecule has 0 radical (unpaired) electrons. The Kier molecular flexibility index (Phi) is 10.1. The number of carbonyl (C=O) groups is 1. The molecule has 1 aliphatic rings. The van der Waals surface area contributed by atoms with Gasteiger partial charge in [-0.3, -0.25) is 4.79 Å². The first-order valence-corrected chi connectivity index (χ1v) is 15.1. The van der Waals surface area contributed by atoms with Crippen LogP contribution in [0.1, 0.15) is 63.2 Å². The summed E-state index contributed by atoms with van der Waals surface area (Å²) in [6, 6.07) is 12.8. The van der Waals surface area contributed by atoms with Crippen molar-refractivity contribution in [2.75, 3.05) is 19.6 Å². The zero-order valence-corrected chi connectivity index (χ0v) is 23.4. The fourth-order valence-corrected chi connectivity index (χ4v) is 7.26. The zero-order valence-electron chi connectivity index (χ0n) is 20.2. The fourth-order valence-electron chi connectivity index (χ4n) is 4.37. The minimum absolute atomic E-state index is 0.185. The monoisotopic (exact) mass is 566 g/mol. The number of benzene rings is 2. The van der Waals surface area contributed by atoms with Crippen LogP contribution in [0.3, 0.4) is 0 Å². The van der Waals surface area contributed by atoms with Crippen LogP contribution in [0.25, 0.3) is 0 Å². The van der Waals surface area contributed by atoms with Crippen LogP contribution in [-0.2, 0) is 10.0 Å². The highest BCUT2D eigenvalue weighted by Crippen LogP contribution is 2.34. The number of unbranched alkanes of at least 4 members (excludes halogenated alkanes) is 3. The molecule has 1 saturated heterocycles. The summed E-state index contributed by atoms with van der Waals surface area (Å²) in [6.07, 6.45) is 5.28. The highest BCUT2D eigenvalue weighted by Gasteiger charge is 2.32. The number of carbonyl (C=O) groups excluding carboxylic acids is 1. The summed E-state index contributed by atoms with van der Waals surface area (Å²) < 4.78 is 29.5. The van der Waals surface area contributed by atoms with Crippen LogP contribution in [-0.4, -0.2) is 38.3 Å². The van der Waals surface area contributed by atoms with Crippen molar-refractivity contribution in [1.82, 2.24) is 9.62 Å². The van der Waals surface area contributed by atoms with E-state index >= 15 is 0 Å². The van der Waals surface area contributed by atoms with Crippen LogP contribution < -0.4 is 5.32 Å². The lowest BCUT2D eigenvalue weighted by Gasteiger charge is -2.34. The van der Waals surface area contributed by atoms with Gasteiger partial charge in [-0.15, -0.1) is 0 Å². The van der Waals surface area contributed by atoms with E-state index in [1.165, 1.54) is 11.8 Å². The lowest BCUT2D eigenvalue weighted by Crippen LogP contribution is -2.42. The number of sulfonamides is 1. The lowest BCUT2D eigenvalue weighted by atomic mass is 9.94. The Balaban J connectivity index is 1.89. The Labute approximate surface area is 217 Å². The summed E-state index contributed by atoms with van der Waals surface area (Å²) in [5, 5.41) is 3.00. The molecule has 1 heterocycles. The van der Waals surface area contributed by atoms with Gasteiger partial charge in [0.05, 0.1) is 10.5 Å². The Morgan fingerprint density at radius 2 is 1.74 bits per heavy atom. The lowest BCUT2D eigenvalue weighted by molar-refractivity contribution is 0.0949. The molecule has 3 rings (SSSR count). The fraction of sp³-hybridized carbons (Fsp3) is 0.500. The standard InChI is InChI=1S/C26H35BrN2O3S2/c1-4-5-6-7-14-28-26(30)24-16-23(34(31,32)29-17-19(2)15-20(3)18-29)12-13-25(24)33-22-10-8-21(27)9-11-22/h8-13,16,19-20H,4-7,14-15,17-18H2,1-3H3,(H,28,30). The van der Waals surface area contributed by atoms with Crippen LogP contribution >= 0.6 is 27.7 Å². The number of halogens is 1. The average molecular weight is 568 g/mol. The van der Waals surface area contributed by atoms with Gasteiger partial charge in [0.15, 0.2) is 0 Å². The molecule has 34 heavy (non-hydrogen) atoms. The molecule has 186 valence electrons. The number of piperidine rings is 1. The average Bonchev–Trinajstić information content (AvgIpc) is 2.80. The summed E-state index contributed by atoms with van der Waals surface area (Å²) in [5.74, 6) is 0.404. The Bertz CT molecular complexity index is 1060. The molecule has 1 aliphatic heterocycles. The minimum atomic E-state index is -3.67. The first kappa shape index (κ1) is 27.2. The van der Waals surface area contributed by atoms with Gasteiger partial charge in [-0.1, -0.05) is 67.7 Å². The molecular weight excluding hydrogens is 532 g/mol. The Morgan fingerprint density at radius 1 is 1.06 bits per heavy atom. The van der Waals surface area contributed by atoms with Crippen LogP contribution in [0, 0.1) is 11.8 Å². The molecule has 0 aromatic heterocycles. The van der Waals surface area contributed by atoms with E-state index in [2.05, 4.69) is 42.0 Å². The summed E-state index contributed by atoms with van der Waals surface area (Å²) in [6.45, 7) is 7.95. The van der Waals surface area contributed by atoms with Crippen LogP contribution in [0.5, 0.6) is 0 Å². The van der Waals surface area contributed by atoms with Crippen molar-refractivity contribution in [2.45, 2.75) is 67.6 Å². The zero-order chi connectivity index (χ0) is 24.7. The molecule has 0 aliphatic carbocycles. The van der Waals surface area contributed by atoms with Crippen LogP contribution in [0.15, 0.2) is 61.6 Å². The molecule has 2 unspecified atom stereocenters. The summed E-state index contributed by atoms with van der Waals surface area (Å²) in [4.78, 5) is 15.1. The number of nitrogens with zero attached hydrogens (tertiary/aromatic N) is 1. The third-order valence-electron chi connectivity index (χ3n) is 6.03. The van der Waals surface area contributed by atoms with E-state index in [4.69, 9.17) is 0 Å². The molecule has 0 spiro atoms. The van der Waals surface area contributed by atoms with Gasteiger partial charge in [0.2, 0.25) is 10.0 Å². The molecule has 1 amide bonds. The van der Waals surface area contributed by atoms with Gasteiger partial charge in [-0.05, 0) is 67.1 Å². The summed E-state index contributed by atoms with van der Waals surface area (Å²) >= 11 is 4.91. The van der Waals surface area contributed by atoms with Crippen molar-refractivity contribution in [2.24, 2.45) is 11.8 Å². The predicted octanol–water partition coefficient (Wildman–Crippen LogP) is 6.58. The number of hydrogen-bond acceptors (Lipinski definition) is 4. The number of hydrogen-bond donors (Lipinski definition) is 1. The van der Waals surface area contributed by atoms with Gasteiger partial charge >= 0.3 is 0 Å². The van der Waals surface area contributed by atoms with E-state index in [1.54, 1.807) is 22.5 Å². The first-order valence-electron chi connectivity index (χ1n) is 12.1. The summed E-state index contributed by atoms with van der Waals surface area (Å²) in [5.41, 5.74) is 0.405. The summed E-state index contributed by atoms with van der Waals surface area (Å²) in [7, 11) is -3.67. The molecule has 1 N–H and O–H groups in total. The molecule has 2 aromatic rings. The van der Waals surface area contributed by atoms with Crippen molar-refractivity contribution in [3.05, 3.63) is 52.5 Å². The quantitative estimate of drug-likeness (QED) is 0.330. The minimum Gasteiger partial charge on any atom is -0.352 e. The number of amides is 1. The third kappa shape index (κ3) is 7.33. The van der Waals surface area contributed by atoms with Crippen molar-refractivity contribution in [3.8, 4) is 0 Å². The molecular formula is C26H35BrN2O3S2.